The molecule has 4 nitrogen and oxygen atoms in total. The van der Waals surface area contributed by atoms with Crippen molar-refractivity contribution < 1.29 is 19.4 Å². The van der Waals surface area contributed by atoms with Crippen LogP contribution in [-0.4, -0.2) is 25.1 Å². The first-order chi connectivity index (χ1) is 8.60. The lowest BCUT2D eigenvalue weighted by molar-refractivity contribution is 0.101. The predicted molar refractivity (Wildman–Crippen MR) is 68.7 cm³/mol. The van der Waals surface area contributed by atoms with Gasteiger partial charge in [0.25, 0.3) is 0 Å². The second kappa shape index (κ2) is 4.56. The number of Topliss-reactive ketones (excluding diaryl/α,β-unsaturated/α-hetero) is 1. The zero-order chi connectivity index (χ0) is 13.3. The van der Waals surface area contributed by atoms with E-state index in [-0.39, 0.29) is 17.1 Å². The van der Waals surface area contributed by atoms with E-state index in [4.69, 9.17) is 9.47 Å². The molecule has 2 aromatic carbocycles. The molecule has 0 bridgehead atoms. The van der Waals surface area contributed by atoms with Gasteiger partial charge in [-0.2, -0.15) is 0 Å². The molecule has 0 saturated heterocycles. The fraction of sp³-hybridized carbons (Fsp3) is 0.214. The third kappa shape index (κ3) is 1.76. The Morgan fingerprint density at radius 3 is 2.39 bits per heavy atom. The highest BCUT2D eigenvalue weighted by atomic mass is 16.5. The summed E-state index contributed by atoms with van der Waals surface area (Å²) in [5, 5.41) is 11.5. The van der Waals surface area contributed by atoms with Crippen LogP contribution < -0.4 is 9.47 Å². The van der Waals surface area contributed by atoms with Crippen molar-refractivity contribution in [1.82, 2.24) is 0 Å². The molecule has 1 N–H and O–H groups in total. The Balaban J connectivity index is 2.92. The van der Waals surface area contributed by atoms with Gasteiger partial charge in [-0.15, -0.1) is 0 Å². The Morgan fingerprint density at radius 1 is 1.17 bits per heavy atom. The van der Waals surface area contributed by atoms with Gasteiger partial charge in [0, 0.05) is 0 Å². The van der Waals surface area contributed by atoms with Gasteiger partial charge in [-0.3, -0.25) is 4.79 Å². The van der Waals surface area contributed by atoms with Gasteiger partial charge in [-0.1, -0.05) is 12.1 Å². The second-order valence-corrected chi connectivity index (χ2v) is 3.92. The molecule has 0 aromatic heterocycles. The van der Waals surface area contributed by atoms with Gasteiger partial charge in [0.05, 0.1) is 19.6 Å². The number of hydrogen-bond acceptors (Lipinski definition) is 4. The van der Waals surface area contributed by atoms with Crippen LogP contribution in [0.2, 0.25) is 0 Å². The van der Waals surface area contributed by atoms with Crippen LogP contribution >= 0.6 is 0 Å². The number of ketones is 1. The number of aromatic hydroxyl groups is 1. The quantitative estimate of drug-likeness (QED) is 0.846. The van der Waals surface area contributed by atoms with Crippen LogP contribution in [0.4, 0.5) is 0 Å². The lowest BCUT2D eigenvalue weighted by Gasteiger charge is -2.13. The summed E-state index contributed by atoms with van der Waals surface area (Å²) in [5.41, 5.74) is 0.175. The number of benzene rings is 2. The minimum atomic E-state index is -0.253. The Morgan fingerprint density at radius 2 is 1.83 bits per heavy atom. The number of carbonyl (C=O) groups is 1. The first kappa shape index (κ1) is 12.2. The SMILES string of the molecule is COc1cc2cccc(OC)c2c(O)c1C(C)=O. The van der Waals surface area contributed by atoms with Gasteiger partial charge < -0.3 is 14.6 Å². The summed E-state index contributed by atoms with van der Waals surface area (Å²) in [6.07, 6.45) is 0. The minimum absolute atomic E-state index is 0.102. The molecule has 0 radical (unpaired) electrons. The van der Waals surface area contributed by atoms with E-state index in [0.29, 0.717) is 16.9 Å². The molecule has 2 aromatic rings. The average molecular weight is 246 g/mol. The van der Waals surface area contributed by atoms with Gasteiger partial charge in [0.2, 0.25) is 0 Å². The van der Waals surface area contributed by atoms with Crippen LogP contribution in [0.3, 0.4) is 0 Å². The van der Waals surface area contributed by atoms with E-state index in [1.807, 2.05) is 12.1 Å². The summed E-state index contributed by atoms with van der Waals surface area (Å²) >= 11 is 0. The smallest absolute Gasteiger partial charge is 0.167 e. The Bertz CT molecular complexity index is 617. The zero-order valence-corrected chi connectivity index (χ0v) is 10.5. The number of ether oxygens (including phenoxy) is 2. The van der Waals surface area contributed by atoms with Gasteiger partial charge in [-0.25, -0.2) is 0 Å². The van der Waals surface area contributed by atoms with E-state index in [9.17, 15) is 9.90 Å². The van der Waals surface area contributed by atoms with Gasteiger partial charge in [-0.05, 0) is 24.4 Å². The molecule has 0 fully saturated rings. The van der Waals surface area contributed by atoms with Crippen molar-refractivity contribution >= 4 is 16.6 Å². The lowest BCUT2D eigenvalue weighted by Crippen LogP contribution is -1.99. The summed E-state index contributed by atoms with van der Waals surface area (Å²) in [6.45, 7) is 1.39. The van der Waals surface area contributed by atoms with E-state index in [2.05, 4.69) is 0 Å². The van der Waals surface area contributed by atoms with Crippen LogP contribution in [0.5, 0.6) is 17.2 Å². The molecule has 4 heteroatoms. The maximum absolute atomic E-state index is 11.6. The fourth-order valence-electron chi connectivity index (χ4n) is 2.05. The normalized spacial score (nSPS) is 10.4. The number of methoxy groups -OCH3 is 2. The van der Waals surface area contributed by atoms with Crippen LogP contribution in [0, 0.1) is 0 Å². The first-order valence-electron chi connectivity index (χ1n) is 5.47. The number of phenols is 1. The van der Waals surface area contributed by atoms with Crippen molar-refractivity contribution in [2.24, 2.45) is 0 Å². The fourth-order valence-corrected chi connectivity index (χ4v) is 2.05. The van der Waals surface area contributed by atoms with Crippen molar-refractivity contribution in [1.29, 1.82) is 0 Å². The number of fused-ring (bicyclic) bond motifs is 1. The summed E-state index contributed by atoms with van der Waals surface area (Å²) in [5.74, 6) is 0.530. The average Bonchev–Trinajstić information content (AvgIpc) is 2.36. The monoisotopic (exact) mass is 246 g/mol. The lowest BCUT2D eigenvalue weighted by atomic mass is 10.0. The second-order valence-electron chi connectivity index (χ2n) is 3.92. The van der Waals surface area contributed by atoms with Crippen molar-refractivity contribution in [3.8, 4) is 17.2 Å². The third-order valence-electron chi connectivity index (χ3n) is 2.86. The molecular formula is C14H14O4. The van der Waals surface area contributed by atoms with E-state index in [1.54, 1.807) is 12.1 Å². The highest BCUT2D eigenvalue weighted by Gasteiger charge is 2.19. The third-order valence-corrected chi connectivity index (χ3v) is 2.86. The molecule has 0 aliphatic rings. The molecule has 0 atom stereocenters. The molecule has 0 spiro atoms. The highest BCUT2D eigenvalue weighted by Crippen LogP contribution is 2.40. The largest absolute Gasteiger partial charge is 0.506 e. The van der Waals surface area contributed by atoms with Crippen molar-refractivity contribution in [2.45, 2.75) is 6.92 Å². The molecule has 2 rings (SSSR count). The van der Waals surface area contributed by atoms with E-state index < -0.39 is 0 Å². The predicted octanol–water partition coefficient (Wildman–Crippen LogP) is 2.77. The van der Waals surface area contributed by atoms with Gasteiger partial charge in [0.1, 0.15) is 22.8 Å². The van der Waals surface area contributed by atoms with Crippen molar-refractivity contribution in [3.63, 3.8) is 0 Å². The molecule has 94 valence electrons. The Kier molecular flexibility index (Phi) is 3.10. The van der Waals surface area contributed by atoms with Crippen LogP contribution in [0.25, 0.3) is 10.8 Å². The standard InChI is InChI=1S/C14H14O4/c1-8(15)12-11(18-3)7-9-5-4-6-10(17-2)13(9)14(12)16/h4-7,16H,1-3H3. The molecule has 0 amide bonds. The number of carbonyl (C=O) groups excluding carboxylic acids is 1. The summed E-state index contributed by atoms with van der Waals surface area (Å²) in [7, 11) is 2.99. The van der Waals surface area contributed by atoms with Crippen LogP contribution in [0.1, 0.15) is 17.3 Å². The summed E-state index contributed by atoms with van der Waals surface area (Å²) in [4.78, 5) is 11.6. The van der Waals surface area contributed by atoms with Crippen molar-refractivity contribution in [3.05, 3.63) is 29.8 Å². The topological polar surface area (TPSA) is 55.8 Å². The van der Waals surface area contributed by atoms with Crippen molar-refractivity contribution in [2.75, 3.05) is 14.2 Å². The minimum Gasteiger partial charge on any atom is -0.506 e. The van der Waals surface area contributed by atoms with E-state index >= 15 is 0 Å². The van der Waals surface area contributed by atoms with E-state index in [0.717, 1.165) is 5.39 Å². The molecule has 18 heavy (non-hydrogen) atoms. The molecule has 0 unspecified atom stereocenters. The van der Waals surface area contributed by atoms with Gasteiger partial charge in [0.15, 0.2) is 5.78 Å². The Hall–Kier alpha value is -2.23. The molecule has 0 heterocycles. The van der Waals surface area contributed by atoms with Crippen LogP contribution in [-0.2, 0) is 0 Å². The van der Waals surface area contributed by atoms with E-state index in [1.165, 1.54) is 21.1 Å². The molecular weight excluding hydrogens is 232 g/mol. The molecule has 0 aliphatic carbocycles. The summed E-state index contributed by atoms with van der Waals surface area (Å²) < 4.78 is 10.4. The zero-order valence-electron chi connectivity index (χ0n) is 10.5. The van der Waals surface area contributed by atoms with Crippen LogP contribution in [0.15, 0.2) is 24.3 Å². The van der Waals surface area contributed by atoms with Gasteiger partial charge >= 0.3 is 0 Å². The first-order valence-corrected chi connectivity index (χ1v) is 5.47. The number of rotatable bonds is 3. The maximum atomic E-state index is 11.6. The molecule has 0 aliphatic heterocycles. The highest BCUT2D eigenvalue weighted by molar-refractivity contribution is 6.08. The maximum Gasteiger partial charge on any atom is 0.167 e. The summed E-state index contributed by atoms with van der Waals surface area (Å²) in [6, 6.07) is 7.09. The Labute approximate surface area is 105 Å². The molecule has 0 saturated carbocycles. The number of phenolic OH excluding ortho intramolecular Hbond substituents is 1. The number of hydrogen-bond donors (Lipinski definition) is 1.